The van der Waals surface area contributed by atoms with Crippen LogP contribution >= 0.6 is 51.5 Å². The van der Waals surface area contributed by atoms with Crippen LogP contribution in [0.25, 0.3) is 6.08 Å². The van der Waals surface area contributed by atoms with Crippen LogP contribution in [0.1, 0.15) is 24.0 Å². The van der Waals surface area contributed by atoms with E-state index in [-0.39, 0.29) is 25.5 Å². The molecule has 0 saturated carbocycles. The second-order valence-electron chi connectivity index (χ2n) is 6.74. The third-order valence-corrected chi connectivity index (χ3v) is 6.86. The van der Waals surface area contributed by atoms with Crippen LogP contribution in [0, 0.1) is 0 Å². The Morgan fingerprint density at radius 2 is 2.09 bits per heavy atom. The molecule has 1 fully saturated rings. The molecule has 0 radical (unpaired) electrons. The minimum atomic E-state index is -0.903. The Kier molecular flexibility index (Phi) is 8.58. The molecule has 1 N–H and O–H groups in total. The molecular weight excluding hydrogens is 538 g/mol. The number of thioether (sulfide) groups is 1. The number of ether oxygens (including phenoxy) is 2. The van der Waals surface area contributed by atoms with Crippen molar-refractivity contribution in [1.82, 2.24) is 4.90 Å². The lowest BCUT2D eigenvalue weighted by molar-refractivity contribution is -0.137. The average Bonchev–Trinajstić information content (AvgIpc) is 3.00. The van der Waals surface area contributed by atoms with E-state index in [0.717, 1.165) is 11.1 Å². The second-order valence-corrected chi connectivity index (χ2v) is 9.68. The summed E-state index contributed by atoms with van der Waals surface area (Å²) in [5.41, 5.74) is 1.57. The maximum absolute atomic E-state index is 12.7. The molecular formula is C22H19BrClNO5S2. The van der Waals surface area contributed by atoms with Crippen LogP contribution in [0.4, 0.5) is 0 Å². The third-order valence-electron chi connectivity index (χ3n) is 4.53. The van der Waals surface area contributed by atoms with Gasteiger partial charge in [-0.2, -0.15) is 0 Å². The molecule has 0 spiro atoms. The Bertz CT molecular complexity index is 1090. The number of benzene rings is 2. The van der Waals surface area contributed by atoms with E-state index in [1.807, 2.05) is 24.3 Å². The lowest BCUT2D eigenvalue weighted by Gasteiger charge is -2.14. The molecule has 1 aliphatic rings. The summed E-state index contributed by atoms with van der Waals surface area (Å²) in [6, 6.07) is 11.0. The van der Waals surface area contributed by atoms with E-state index in [1.165, 1.54) is 23.8 Å². The Morgan fingerprint density at radius 3 is 2.78 bits per heavy atom. The Balaban J connectivity index is 1.77. The van der Waals surface area contributed by atoms with Crippen molar-refractivity contribution in [3.63, 3.8) is 0 Å². The van der Waals surface area contributed by atoms with E-state index < -0.39 is 5.97 Å². The van der Waals surface area contributed by atoms with Gasteiger partial charge in [-0.15, -0.1) is 0 Å². The number of nitrogens with zero attached hydrogens (tertiary/aromatic N) is 1. The van der Waals surface area contributed by atoms with Crippen molar-refractivity contribution in [3.05, 3.63) is 61.9 Å². The van der Waals surface area contributed by atoms with Gasteiger partial charge in [0.05, 0.1) is 16.5 Å². The standard InChI is InChI=1S/C22H19BrClNO5S2/c1-29-17-10-13(9-15(23)20(17)30-12-14-5-2-3-6-16(14)24)11-18-21(28)25(22(31)32-18)8-4-7-19(26)27/h2-3,5-6,9-11H,4,7-8,12H2,1H3,(H,26,27). The summed E-state index contributed by atoms with van der Waals surface area (Å²) < 4.78 is 12.5. The molecule has 6 nitrogen and oxygen atoms in total. The van der Waals surface area contributed by atoms with Crippen molar-refractivity contribution < 1.29 is 24.2 Å². The molecule has 0 aliphatic carbocycles. The smallest absolute Gasteiger partial charge is 0.303 e. The van der Waals surface area contributed by atoms with Crippen LogP contribution in [0.5, 0.6) is 11.5 Å². The number of carbonyl (C=O) groups is 2. The first-order valence-corrected chi connectivity index (χ1v) is 11.9. The van der Waals surface area contributed by atoms with Gasteiger partial charge >= 0.3 is 5.97 Å². The van der Waals surface area contributed by atoms with Crippen molar-refractivity contribution in [2.45, 2.75) is 19.4 Å². The molecule has 1 aliphatic heterocycles. The molecule has 2 aromatic carbocycles. The van der Waals surface area contributed by atoms with E-state index in [0.29, 0.717) is 36.6 Å². The Hall–Kier alpha value is -2.07. The first-order chi connectivity index (χ1) is 15.3. The van der Waals surface area contributed by atoms with Crippen molar-refractivity contribution in [1.29, 1.82) is 0 Å². The SMILES string of the molecule is COc1cc(C=C2SC(=S)N(CCCC(=O)O)C2=O)cc(Br)c1OCc1ccccc1Cl. The van der Waals surface area contributed by atoms with Crippen LogP contribution < -0.4 is 9.47 Å². The number of aliphatic carboxylic acids is 1. The van der Waals surface area contributed by atoms with E-state index in [2.05, 4.69) is 15.9 Å². The average molecular weight is 557 g/mol. The van der Waals surface area contributed by atoms with Crippen LogP contribution in [-0.4, -0.2) is 39.9 Å². The number of methoxy groups -OCH3 is 1. The number of halogens is 2. The molecule has 10 heteroatoms. The first-order valence-electron chi connectivity index (χ1n) is 9.51. The van der Waals surface area contributed by atoms with Crippen LogP contribution in [0.3, 0.4) is 0 Å². The number of amides is 1. The monoisotopic (exact) mass is 555 g/mol. The van der Waals surface area contributed by atoms with E-state index in [9.17, 15) is 9.59 Å². The molecule has 168 valence electrons. The summed E-state index contributed by atoms with van der Waals surface area (Å²) in [4.78, 5) is 25.3. The van der Waals surface area contributed by atoms with Gasteiger partial charge in [-0.3, -0.25) is 14.5 Å². The van der Waals surface area contributed by atoms with Crippen LogP contribution in [-0.2, 0) is 16.2 Å². The molecule has 1 amide bonds. The molecule has 1 saturated heterocycles. The number of hydrogen-bond acceptors (Lipinski definition) is 6. The number of rotatable bonds is 9. The van der Waals surface area contributed by atoms with Gasteiger partial charge < -0.3 is 14.6 Å². The summed E-state index contributed by atoms with van der Waals surface area (Å²) in [6.45, 7) is 0.541. The topological polar surface area (TPSA) is 76.1 Å². The zero-order valence-corrected chi connectivity index (χ0v) is 20.9. The van der Waals surface area contributed by atoms with Gasteiger partial charge in [-0.1, -0.05) is 53.8 Å². The number of thiocarbonyl (C=S) groups is 1. The predicted molar refractivity (Wildman–Crippen MR) is 133 cm³/mol. The molecule has 0 bridgehead atoms. The summed E-state index contributed by atoms with van der Waals surface area (Å²) in [5.74, 6) is -0.125. The van der Waals surface area contributed by atoms with Gasteiger partial charge in [0, 0.05) is 23.6 Å². The van der Waals surface area contributed by atoms with Crippen molar-refractivity contribution in [3.8, 4) is 11.5 Å². The van der Waals surface area contributed by atoms with E-state index >= 15 is 0 Å². The lowest BCUT2D eigenvalue weighted by Crippen LogP contribution is -2.29. The van der Waals surface area contributed by atoms with E-state index in [4.69, 9.17) is 38.4 Å². The normalized spacial score (nSPS) is 14.8. The van der Waals surface area contributed by atoms with Crippen molar-refractivity contribution in [2.75, 3.05) is 13.7 Å². The highest BCUT2D eigenvalue weighted by molar-refractivity contribution is 9.10. The Morgan fingerprint density at radius 1 is 1.34 bits per heavy atom. The van der Waals surface area contributed by atoms with Gasteiger partial charge in [0.1, 0.15) is 10.9 Å². The molecule has 2 aromatic rings. The summed E-state index contributed by atoms with van der Waals surface area (Å²) in [5, 5.41) is 9.41. The quantitative estimate of drug-likeness (QED) is 0.311. The number of carboxylic acids is 1. The van der Waals surface area contributed by atoms with Crippen molar-refractivity contribution in [2.24, 2.45) is 0 Å². The van der Waals surface area contributed by atoms with E-state index in [1.54, 1.807) is 18.2 Å². The van der Waals surface area contributed by atoms with Gasteiger partial charge in [0.25, 0.3) is 5.91 Å². The zero-order chi connectivity index (χ0) is 23.3. The largest absolute Gasteiger partial charge is 0.493 e. The van der Waals surface area contributed by atoms with Gasteiger partial charge in [-0.05, 0) is 52.2 Å². The fourth-order valence-corrected chi connectivity index (χ4v) is 5.03. The number of hydrogen-bond donors (Lipinski definition) is 1. The second kappa shape index (κ2) is 11.2. The van der Waals surface area contributed by atoms with Crippen molar-refractivity contribution >= 4 is 73.8 Å². The third kappa shape index (κ3) is 6.04. The maximum atomic E-state index is 12.7. The zero-order valence-electron chi connectivity index (χ0n) is 17.0. The fraction of sp³-hybridized carbons (Fsp3) is 0.227. The molecule has 32 heavy (non-hydrogen) atoms. The maximum Gasteiger partial charge on any atom is 0.303 e. The van der Waals surface area contributed by atoms with Gasteiger partial charge in [0.2, 0.25) is 0 Å². The fourth-order valence-electron chi connectivity index (χ4n) is 2.96. The first kappa shape index (κ1) is 24.6. The predicted octanol–water partition coefficient (Wildman–Crippen LogP) is 5.76. The summed E-state index contributed by atoms with van der Waals surface area (Å²) in [6.07, 6.45) is 2.05. The Labute approximate surface area is 208 Å². The number of carboxylic acid groups (broad SMARTS) is 1. The molecule has 0 unspecified atom stereocenters. The molecule has 1 heterocycles. The molecule has 0 aromatic heterocycles. The minimum absolute atomic E-state index is 0.0179. The minimum Gasteiger partial charge on any atom is -0.493 e. The van der Waals surface area contributed by atoms with Gasteiger partial charge in [0.15, 0.2) is 11.5 Å². The summed E-state index contributed by atoms with van der Waals surface area (Å²) >= 11 is 16.2. The lowest BCUT2D eigenvalue weighted by atomic mass is 10.1. The highest BCUT2D eigenvalue weighted by atomic mass is 79.9. The highest BCUT2D eigenvalue weighted by Gasteiger charge is 2.31. The van der Waals surface area contributed by atoms with Gasteiger partial charge in [-0.25, -0.2) is 0 Å². The number of carbonyl (C=O) groups excluding carboxylic acids is 1. The highest BCUT2D eigenvalue weighted by Crippen LogP contribution is 2.39. The molecule has 0 atom stereocenters. The summed E-state index contributed by atoms with van der Waals surface area (Å²) in [7, 11) is 1.54. The van der Waals surface area contributed by atoms with Crippen LogP contribution in [0.15, 0.2) is 45.8 Å². The van der Waals surface area contributed by atoms with Crippen LogP contribution in [0.2, 0.25) is 5.02 Å². The molecule has 3 rings (SSSR count).